The minimum Gasteiger partial charge on any atom is -0.454 e. The Kier molecular flexibility index (Phi) is 4.95. The van der Waals surface area contributed by atoms with Gasteiger partial charge in [-0.3, -0.25) is 19.1 Å². The molecule has 0 fully saturated rings. The molecule has 5 aromatic rings. The fourth-order valence-corrected chi connectivity index (χ4v) is 3.94. The van der Waals surface area contributed by atoms with Gasteiger partial charge in [-0.2, -0.15) is 4.98 Å². The number of nitrogens with one attached hydrogen (secondary N) is 1. The van der Waals surface area contributed by atoms with Crippen molar-refractivity contribution in [3.63, 3.8) is 0 Å². The summed E-state index contributed by atoms with van der Waals surface area (Å²) in [6.07, 6.45) is 3.28. The van der Waals surface area contributed by atoms with Crippen LogP contribution in [0.4, 0.5) is 5.69 Å². The molecule has 0 atom stereocenters. The first-order valence-electron chi connectivity index (χ1n) is 10.7. The molecule has 0 aliphatic carbocycles. The van der Waals surface area contributed by atoms with Gasteiger partial charge in [0.2, 0.25) is 18.5 Å². The van der Waals surface area contributed by atoms with Crippen molar-refractivity contribution < 1.29 is 18.8 Å². The number of nitrogens with zero attached hydrogens (tertiary/aromatic N) is 4. The highest BCUT2D eigenvalue weighted by Gasteiger charge is 2.19. The molecule has 10 nitrogen and oxygen atoms in total. The van der Waals surface area contributed by atoms with Crippen molar-refractivity contribution in [1.82, 2.24) is 19.7 Å². The lowest BCUT2D eigenvalue weighted by atomic mass is 10.1. The van der Waals surface area contributed by atoms with Gasteiger partial charge >= 0.3 is 0 Å². The van der Waals surface area contributed by atoms with E-state index < -0.39 is 0 Å². The summed E-state index contributed by atoms with van der Waals surface area (Å²) in [6, 6.07) is 17.3. The van der Waals surface area contributed by atoms with E-state index in [0.29, 0.717) is 45.0 Å². The van der Waals surface area contributed by atoms with Crippen LogP contribution >= 0.6 is 0 Å². The molecule has 2 aromatic carbocycles. The number of amides is 1. The van der Waals surface area contributed by atoms with Crippen LogP contribution in [0.2, 0.25) is 0 Å². The standard InChI is InChI=1S/C25H17N5O5/c31-22(27-16-7-8-20-21(10-16)34-14-33-20)13-30-19-6-2-1-5-17(19)18(11-23(30)32)25-28-24(29-35-25)15-4-3-9-26-12-15/h1-12H,13-14H2,(H,27,31). The van der Waals surface area contributed by atoms with Crippen molar-refractivity contribution in [2.75, 3.05) is 12.1 Å². The van der Waals surface area contributed by atoms with Crippen molar-refractivity contribution in [2.24, 2.45) is 0 Å². The Morgan fingerprint density at radius 2 is 1.91 bits per heavy atom. The molecule has 1 aliphatic heterocycles. The molecule has 0 spiro atoms. The molecule has 0 radical (unpaired) electrons. The maximum Gasteiger partial charge on any atom is 0.259 e. The fraction of sp³-hybridized carbons (Fsp3) is 0.0800. The monoisotopic (exact) mass is 467 g/mol. The lowest BCUT2D eigenvalue weighted by molar-refractivity contribution is -0.116. The van der Waals surface area contributed by atoms with Crippen LogP contribution in [0.3, 0.4) is 0 Å². The Hall–Kier alpha value is -4.99. The van der Waals surface area contributed by atoms with Crippen molar-refractivity contribution in [1.29, 1.82) is 0 Å². The molecule has 3 aromatic heterocycles. The first-order chi connectivity index (χ1) is 17.2. The van der Waals surface area contributed by atoms with Crippen molar-refractivity contribution in [2.45, 2.75) is 6.54 Å². The van der Waals surface area contributed by atoms with Crippen LogP contribution in [0.1, 0.15) is 0 Å². The molecule has 0 bridgehead atoms. The second-order valence-corrected chi connectivity index (χ2v) is 7.78. The third-order valence-corrected chi connectivity index (χ3v) is 5.55. The van der Waals surface area contributed by atoms with Crippen molar-refractivity contribution >= 4 is 22.5 Å². The zero-order chi connectivity index (χ0) is 23.8. The first-order valence-corrected chi connectivity index (χ1v) is 10.7. The molecule has 1 amide bonds. The lowest BCUT2D eigenvalue weighted by Gasteiger charge is -2.12. The van der Waals surface area contributed by atoms with Crippen LogP contribution in [0.15, 0.2) is 82.4 Å². The fourth-order valence-electron chi connectivity index (χ4n) is 3.94. The van der Waals surface area contributed by atoms with Gasteiger partial charge in [0.1, 0.15) is 6.54 Å². The number of carbonyl (C=O) groups excluding carboxylic acids is 1. The van der Waals surface area contributed by atoms with Gasteiger partial charge < -0.3 is 19.3 Å². The minimum atomic E-state index is -0.374. The maximum absolute atomic E-state index is 13.1. The molecule has 1 N–H and O–H groups in total. The van der Waals surface area contributed by atoms with E-state index in [1.807, 2.05) is 18.2 Å². The summed E-state index contributed by atoms with van der Waals surface area (Å²) in [4.78, 5) is 34.4. The van der Waals surface area contributed by atoms with Gasteiger partial charge in [0.15, 0.2) is 11.5 Å². The average molecular weight is 467 g/mol. The van der Waals surface area contributed by atoms with Gasteiger partial charge in [-0.1, -0.05) is 23.4 Å². The molecule has 0 saturated carbocycles. The van der Waals surface area contributed by atoms with Gasteiger partial charge in [0, 0.05) is 41.2 Å². The van der Waals surface area contributed by atoms with Gasteiger partial charge in [-0.25, -0.2) is 0 Å². The zero-order valence-corrected chi connectivity index (χ0v) is 18.2. The number of rotatable bonds is 5. The van der Waals surface area contributed by atoms with E-state index in [2.05, 4.69) is 20.4 Å². The Morgan fingerprint density at radius 3 is 2.80 bits per heavy atom. The molecular formula is C25H17N5O5. The largest absolute Gasteiger partial charge is 0.454 e. The summed E-state index contributed by atoms with van der Waals surface area (Å²) < 4.78 is 17.5. The average Bonchev–Trinajstić information content (AvgIpc) is 3.56. The Labute approximate surface area is 197 Å². The predicted octanol–water partition coefficient (Wildman–Crippen LogP) is 3.48. The summed E-state index contributed by atoms with van der Waals surface area (Å²) in [5.74, 6) is 1.38. The highest BCUT2D eigenvalue weighted by atomic mass is 16.7. The van der Waals surface area contributed by atoms with E-state index in [1.54, 1.807) is 48.8 Å². The molecule has 6 rings (SSSR count). The normalized spacial score (nSPS) is 12.1. The Morgan fingerprint density at radius 1 is 1.03 bits per heavy atom. The Balaban J connectivity index is 1.32. The first kappa shape index (κ1) is 20.6. The van der Waals surface area contributed by atoms with Crippen LogP contribution in [0.25, 0.3) is 33.7 Å². The summed E-state index contributed by atoms with van der Waals surface area (Å²) in [5, 5.41) is 7.52. The van der Waals surface area contributed by atoms with Crippen LogP contribution in [0, 0.1) is 0 Å². The van der Waals surface area contributed by atoms with E-state index in [1.165, 1.54) is 10.6 Å². The van der Waals surface area contributed by atoms with E-state index in [-0.39, 0.29) is 30.7 Å². The quantitative estimate of drug-likeness (QED) is 0.417. The van der Waals surface area contributed by atoms with E-state index in [4.69, 9.17) is 14.0 Å². The molecule has 1 aliphatic rings. The molecule has 35 heavy (non-hydrogen) atoms. The summed E-state index contributed by atoms with van der Waals surface area (Å²) >= 11 is 0. The zero-order valence-electron chi connectivity index (χ0n) is 18.2. The topological polar surface area (TPSA) is 121 Å². The maximum atomic E-state index is 13.1. The van der Waals surface area contributed by atoms with E-state index in [9.17, 15) is 9.59 Å². The van der Waals surface area contributed by atoms with Gasteiger partial charge in [0.05, 0.1) is 11.1 Å². The Bertz CT molecular complexity index is 1630. The third kappa shape index (κ3) is 3.86. The minimum absolute atomic E-state index is 0.143. The third-order valence-electron chi connectivity index (χ3n) is 5.55. The van der Waals surface area contributed by atoms with Crippen LogP contribution < -0.4 is 20.3 Å². The van der Waals surface area contributed by atoms with Gasteiger partial charge in [-0.15, -0.1) is 0 Å². The number of anilines is 1. The molecular weight excluding hydrogens is 450 g/mol. The number of benzene rings is 2. The number of ether oxygens (including phenoxy) is 2. The summed E-state index contributed by atoms with van der Waals surface area (Å²) in [7, 11) is 0. The molecule has 172 valence electrons. The highest BCUT2D eigenvalue weighted by molar-refractivity contribution is 5.95. The number of fused-ring (bicyclic) bond motifs is 2. The summed E-state index contributed by atoms with van der Waals surface area (Å²) in [6.45, 7) is -0.0386. The molecule has 4 heterocycles. The van der Waals surface area contributed by atoms with E-state index in [0.717, 1.165) is 0 Å². The smallest absolute Gasteiger partial charge is 0.259 e. The van der Waals surface area contributed by atoms with Gasteiger partial charge in [0.25, 0.3) is 11.4 Å². The summed E-state index contributed by atoms with van der Waals surface area (Å²) in [5.41, 5.74) is 1.92. The van der Waals surface area contributed by atoms with Crippen LogP contribution in [-0.2, 0) is 11.3 Å². The SMILES string of the molecule is O=C(Cn1c(=O)cc(-c2nc(-c3cccnc3)no2)c2ccccc21)Nc1ccc2c(c1)OCO2. The molecule has 0 saturated heterocycles. The number of pyridine rings is 2. The highest BCUT2D eigenvalue weighted by Crippen LogP contribution is 2.34. The predicted molar refractivity (Wildman–Crippen MR) is 126 cm³/mol. The number of carbonyl (C=O) groups is 1. The number of hydrogen-bond donors (Lipinski definition) is 1. The van der Waals surface area contributed by atoms with E-state index >= 15 is 0 Å². The number of para-hydroxylation sites is 1. The van der Waals surface area contributed by atoms with Crippen molar-refractivity contribution in [3.8, 4) is 34.3 Å². The second kappa shape index (κ2) is 8.41. The number of aromatic nitrogens is 4. The lowest BCUT2D eigenvalue weighted by Crippen LogP contribution is -2.27. The van der Waals surface area contributed by atoms with Gasteiger partial charge in [-0.05, 0) is 30.3 Å². The molecule has 0 unspecified atom stereocenters. The van der Waals surface area contributed by atoms with Crippen molar-refractivity contribution in [3.05, 3.63) is 83.4 Å². The second-order valence-electron chi connectivity index (χ2n) is 7.78. The number of hydrogen-bond acceptors (Lipinski definition) is 8. The van der Waals surface area contributed by atoms with Crippen LogP contribution in [0.5, 0.6) is 11.5 Å². The van der Waals surface area contributed by atoms with Crippen LogP contribution in [-0.4, -0.2) is 32.4 Å². The molecule has 10 heteroatoms.